The average molecular weight is 242 g/mol. The van der Waals surface area contributed by atoms with Crippen molar-refractivity contribution in [1.82, 2.24) is 0 Å². The van der Waals surface area contributed by atoms with E-state index < -0.39 is 23.6 Å². The Morgan fingerprint density at radius 3 is 2.82 bits per heavy atom. The fourth-order valence-corrected chi connectivity index (χ4v) is 1.71. The standard InChI is InChI=1S/C11H12F2N2O2/c12-6-4-7(13)10(8(14)5-6)15-11(16)9-2-1-3-17-9/h4-5,9H,1-3,14H2,(H,15,16). The summed E-state index contributed by atoms with van der Waals surface area (Å²) in [6.45, 7) is 0.513. The molecule has 2 rings (SSSR count). The zero-order valence-electron chi connectivity index (χ0n) is 9.00. The number of nitrogen functional groups attached to an aromatic ring is 1. The van der Waals surface area contributed by atoms with Gasteiger partial charge in [-0.2, -0.15) is 0 Å². The highest BCUT2D eigenvalue weighted by atomic mass is 19.1. The van der Waals surface area contributed by atoms with E-state index in [2.05, 4.69) is 5.32 Å². The van der Waals surface area contributed by atoms with Crippen LogP contribution in [0.3, 0.4) is 0 Å². The van der Waals surface area contributed by atoms with Crippen LogP contribution in [0.4, 0.5) is 20.2 Å². The number of hydrogen-bond donors (Lipinski definition) is 2. The minimum atomic E-state index is -0.895. The van der Waals surface area contributed by atoms with Gasteiger partial charge in [-0.1, -0.05) is 0 Å². The Hall–Kier alpha value is -1.69. The van der Waals surface area contributed by atoms with E-state index in [1.807, 2.05) is 0 Å². The van der Waals surface area contributed by atoms with Gasteiger partial charge in [-0.05, 0) is 18.9 Å². The Morgan fingerprint density at radius 1 is 1.47 bits per heavy atom. The first-order valence-corrected chi connectivity index (χ1v) is 5.25. The number of carbonyl (C=O) groups excluding carboxylic acids is 1. The summed E-state index contributed by atoms with van der Waals surface area (Å²) in [5, 5.41) is 2.32. The number of rotatable bonds is 2. The molecule has 0 aromatic heterocycles. The Balaban J connectivity index is 2.15. The molecule has 1 heterocycles. The summed E-state index contributed by atoms with van der Waals surface area (Å²) >= 11 is 0. The Kier molecular flexibility index (Phi) is 3.23. The van der Waals surface area contributed by atoms with Gasteiger partial charge in [0.2, 0.25) is 0 Å². The van der Waals surface area contributed by atoms with Crippen LogP contribution in [0.15, 0.2) is 12.1 Å². The molecule has 1 unspecified atom stereocenters. The Bertz CT molecular complexity index is 422. The van der Waals surface area contributed by atoms with Gasteiger partial charge in [0.15, 0.2) is 5.82 Å². The molecular weight excluding hydrogens is 230 g/mol. The number of benzene rings is 1. The molecule has 0 radical (unpaired) electrons. The maximum Gasteiger partial charge on any atom is 0.253 e. The second-order valence-electron chi connectivity index (χ2n) is 3.84. The van der Waals surface area contributed by atoms with Crippen molar-refractivity contribution >= 4 is 17.3 Å². The van der Waals surface area contributed by atoms with Gasteiger partial charge in [-0.3, -0.25) is 4.79 Å². The van der Waals surface area contributed by atoms with Crippen LogP contribution in [0, 0.1) is 11.6 Å². The summed E-state index contributed by atoms with van der Waals surface area (Å²) in [6, 6.07) is 1.62. The molecule has 1 aromatic carbocycles. The molecule has 17 heavy (non-hydrogen) atoms. The smallest absolute Gasteiger partial charge is 0.253 e. The van der Waals surface area contributed by atoms with E-state index in [0.717, 1.165) is 12.5 Å². The van der Waals surface area contributed by atoms with Crippen LogP contribution in [0.2, 0.25) is 0 Å². The first-order chi connectivity index (χ1) is 8.08. The number of nitrogens with two attached hydrogens (primary N) is 1. The molecule has 1 amide bonds. The molecule has 1 aliphatic rings. The van der Waals surface area contributed by atoms with Gasteiger partial charge in [0.25, 0.3) is 5.91 Å². The third kappa shape index (κ3) is 2.52. The highest BCUT2D eigenvalue weighted by molar-refractivity contribution is 5.97. The van der Waals surface area contributed by atoms with Crippen LogP contribution in [-0.2, 0) is 9.53 Å². The van der Waals surface area contributed by atoms with E-state index in [1.54, 1.807) is 0 Å². The zero-order chi connectivity index (χ0) is 12.4. The lowest BCUT2D eigenvalue weighted by Gasteiger charge is -2.12. The topological polar surface area (TPSA) is 64.3 Å². The van der Waals surface area contributed by atoms with E-state index in [9.17, 15) is 13.6 Å². The highest BCUT2D eigenvalue weighted by Crippen LogP contribution is 2.25. The maximum absolute atomic E-state index is 13.4. The largest absolute Gasteiger partial charge is 0.397 e. The van der Waals surface area contributed by atoms with E-state index in [0.29, 0.717) is 19.1 Å². The second kappa shape index (κ2) is 4.67. The molecular formula is C11H12F2N2O2. The van der Waals surface area contributed by atoms with Crippen molar-refractivity contribution in [2.24, 2.45) is 0 Å². The Morgan fingerprint density at radius 2 is 2.24 bits per heavy atom. The van der Waals surface area contributed by atoms with Gasteiger partial charge in [0, 0.05) is 12.7 Å². The van der Waals surface area contributed by atoms with Crippen LogP contribution in [0.25, 0.3) is 0 Å². The molecule has 1 saturated heterocycles. The van der Waals surface area contributed by atoms with E-state index in [-0.39, 0.29) is 11.4 Å². The molecule has 0 bridgehead atoms. The lowest BCUT2D eigenvalue weighted by molar-refractivity contribution is -0.124. The lowest BCUT2D eigenvalue weighted by atomic mass is 10.2. The molecule has 3 N–H and O–H groups in total. The Labute approximate surface area is 96.7 Å². The monoisotopic (exact) mass is 242 g/mol. The fourth-order valence-electron chi connectivity index (χ4n) is 1.71. The van der Waals surface area contributed by atoms with Crippen LogP contribution in [0.1, 0.15) is 12.8 Å². The fraction of sp³-hybridized carbons (Fsp3) is 0.364. The maximum atomic E-state index is 13.4. The quantitative estimate of drug-likeness (QED) is 0.775. The number of carbonyl (C=O) groups is 1. The summed E-state index contributed by atoms with van der Waals surface area (Å²) in [5.74, 6) is -2.14. The number of nitrogens with one attached hydrogen (secondary N) is 1. The zero-order valence-corrected chi connectivity index (χ0v) is 9.00. The molecule has 0 saturated carbocycles. The van der Waals surface area contributed by atoms with Crippen molar-refractivity contribution in [3.63, 3.8) is 0 Å². The third-order valence-electron chi connectivity index (χ3n) is 2.56. The molecule has 1 aliphatic heterocycles. The molecule has 0 aliphatic carbocycles. The second-order valence-corrected chi connectivity index (χ2v) is 3.84. The van der Waals surface area contributed by atoms with Gasteiger partial charge < -0.3 is 15.8 Å². The normalized spacial score (nSPS) is 19.3. The van der Waals surface area contributed by atoms with E-state index in [4.69, 9.17) is 10.5 Å². The van der Waals surface area contributed by atoms with E-state index >= 15 is 0 Å². The van der Waals surface area contributed by atoms with Crippen LogP contribution in [0.5, 0.6) is 0 Å². The molecule has 1 fully saturated rings. The van der Waals surface area contributed by atoms with Gasteiger partial charge in [0.05, 0.1) is 5.69 Å². The molecule has 4 nitrogen and oxygen atoms in total. The van der Waals surface area contributed by atoms with Crippen molar-refractivity contribution < 1.29 is 18.3 Å². The first-order valence-electron chi connectivity index (χ1n) is 5.25. The molecule has 6 heteroatoms. The first kappa shape index (κ1) is 11.8. The van der Waals surface area contributed by atoms with Crippen LogP contribution in [-0.4, -0.2) is 18.6 Å². The molecule has 0 spiro atoms. The van der Waals surface area contributed by atoms with Crippen molar-refractivity contribution in [1.29, 1.82) is 0 Å². The van der Waals surface area contributed by atoms with Gasteiger partial charge in [0.1, 0.15) is 17.6 Å². The van der Waals surface area contributed by atoms with Crippen molar-refractivity contribution in [2.75, 3.05) is 17.7 Å². The predicted molar refractivity (Wildman–Crippen MR) is 58.4 cm³/mol. The third-order valence-corrected chi connectivity index (χ3v) is 2.56. The molecule has 92 valence electrons. The average Bonchev–Trinajstić information content (AvgIpc) is 2.76. The van der Waals surface area contributed by atoms with Gasteiger partial charge >= 0.3 is 0 Å². The summed E-state index contributed by atoms with van der Waals surface area (Å²) < 4.78 is 31.3. The molecule has 1 aromatic rings. The van der Waals surface area contributed by atoms with Crippen LogP contribution < -0.4 is 11.1 Å². The highest BCUT2D eigenvalue weighted by Gasteiger charge is 2.25. The number of anilines is 2. The van der Waals surface area contributed by atoms with Crippen molar-refractivity contribution in [2.45, 2.75) is 18.9 Å². The van der Waals surface area contributed by atoms with Crippen molar-refractivity contribution in [3.8, 4) is 0 Å². The number of ether oxygens (including phenoxy) is 1. The van der Waals surface area contributed by atoms with Gasteiger partial charge in [-0.15, -0.1) is 0 Å². The predicted octanol–water partition coefficient (Wildman–Crippen LogP) is 1.66. The van der Waals surface area contributed by atoms with E-state index in [1.165, 1.54) is 0 Å². The summed E-state index contributed by atoms with van der Waals surface area (Å²) in [4.78, 5) is 11.7. The minimum absolute atomic E-state index is 0.145. The lowest BCUT2D eigenvalue weighted by Crippen LogP contribution is -2.27. The number of halogens is 2. The summed E-state index contributed by atoms with van der Waals surface area (Å²) in [5.41, 5.74) is 5.09. The minimum Gasteiger partial charge on any atom is -0.397 e. The number of amides is 1. The van der Waals surface area contributed by atoms with Gasteiger partial charge in [-0.25, -0.2) is 8.78 Å². The summed E-state index contributed by atoms with van der Waals surface area (Å²) in [6.07, 6.45) is 0.799. The summed E-state index contributed by atoms with van der Waals surface area (Å²) in [7, 11) is 0. The van der Waals surface area contributed by atoms with Crippen molar-refractivity contribution in [3.05, 3.63) is 23.8 Å². The van der Waals surface area contributed by atoms with Crippen LogP contribution >= 0.6 is 0 Å². The number of hydrogen-bond acceptors (Lipinski definition) is 3. The molecule has 1 atom stereocenters. The SMILES string of the molecule is Nc1cc(F)cc(F)c1NC(=O)C1CCCO1.